The van der Waals surface area contributed by atoms with E-state index in [0.717, 1.165) is 42.9 Å². The summed E-state index contributed by atoms with van der Waals surface area (Å²) in [5, 5.41) is 6.37. The van der Waals surface area contributed by atoms with Crippen LogP contribution in [0.5, 0.6) is 0 Å². The molecule has 0 unspecified atom stereocenters. The van der Waals surface area contributed by atoms with Crippen LogP contribution in [0.3, 0.4) is 0 Å². The molecule has 0 saturated heterocycles. The fourth-order valence-corrected chi connectivity index (χ4v) is 3.47. The van der Waals surface area contributed by atoms with Crippen LogP contribution in [0, 0.1) is 5.41 Å². The van der Waals surface area contributed by atoms with Gasteiger partial charge in [0.25, 0.3) is 0 Å². The number of rotatable bonds is 10. The Morgan fingerprint density at radius 2 is 1.84 bits per heavy atom. The number of benzene rings is 1. The number of hydrogen-bond acceptors (Lipinski definition) is 3. The third kappa shape index (κ3) is 5.65. The molecule has 0 saturated carbocycles. The van der Waals surface area contributed by atoms with Crippen molar-refractivity contribution in [2.45, 2.75) is 78.6 Å². The van der Waals surface area contributed by atoms with Gasteiger partial charge < -0.3 is 16.4 Å². The van der Waals surface area contributed by atoms with Crippen LogP contribution in [0.25, 0.3) is 0 Å². The van der Waals surface area contributed by atoms with Gasteiger partial charge in [0.05, 0.1) is 11.4 Å². The van der Waals surface area contributed by atoms with Gasteiger partial charge >= 0.3 is 0 Å². The summed E-state index contributed by atoms with van der Waals surface area (Å²) in [6, 6.07) is 3.91. The summed E-state index contributed by atoms with van der Waals surface area (Å²) >= 11 is 0. The van der Waals surface area contributed by atoms with E-state index in [4.69, 9.17) is 5.73 Å². The minimum absolute atomic E-state index is 0.0868. The SMILES string of the molecule is CCCCCCCCCC(C)(C)C(=O)Nc1cc(N)c2c(c1)CCN2. The molecule has 0 aromatic heterocycles. The lowest BCUT2D eigenvalue weighted by Gasteiger charge is -2.24. The number of unbranched alkanes of at least 4 members (excludes halogenated alkanes) is 6. The molecule has 0 aliphatic carbocycles. The number of carbonyl (C=O) groups excluding carboxylic acids is 1. The van der Waals surface area contributed by atoms with Gasteiger partial charge in [-0.2, -0.15) is 0 Å². The maximum absolute atomic E-state index is 12.7. The molecule has 1 aromatic carbocycles. The van der Waals surface area contributed by atoms with Crippen molar-refractivity contribution in [1.29, 1.82) is 0 Å². The van der Waals surface area contributed by atoms with Crippen molar-refractivity contribution in [2.75, 3.05) is 22.9 Å². The molecule has 1 aliphatic rings. The lowest BCUT2D eigenvalue weighted by molar-refractivity contribution is -0.124. The molecule has 4 N–H and O–H groups in total. The monoisotopic (exact) mass is 345 g/mol. The Hall–Kier alpha value is -1.71. The van der Waals surface area contributed by atoms with E-state index in [2.05, 4.69) is 17.6 Å². The van der Waals surface area contributed by atoms with E-state index in [1.54, 1.807) is 0 Å². The average Bonchev–Trinajstić information content (AvgIpc) is 3.03. The first kappa shape index (κ1) is 19.6. The lowest BCUT2D eigenvalue weighted by Crippen LogP contribution is -2.30. The Kier molecular flexibility index (Phi) is 7.15. The van der Waals surface area contributed by atoms with Gasteiger partial charge in [-0.1, -0.05) is 65.7 Å². The van der Waals surface area contributed by atoms with Crippen molar-refractivity contribution in [2.24, 2.45) is 5.41 Å². The number of hydrogen-bond donors (Lipinski definition) is 3. The first-order valence-electron chi connectivity index (χ1n) is 9.92. The van der Waals surface area contributed by atoms with E-state index in [9.17, 15) is 4.79 Å². The summed E-state index contributed by atoms with van der Waals surface area (Å²) < 4.78 is 0. The number of anilines is 3. The summed E-state index contributed by atoms with van der Waals surface area (Å²) in [5.41, 5.74) is 9.50. The molecule has 1 aliphatic heterocycles. The fourth-order valence-electron chi connectivity index (χ4n) is 3.47. The smallest absolute Gasteiger partial charge is 0.230 e. The van der Waals surface area contributed by atoms with Crippen molar-refractivity contribution in [1.82, 2.24) is 0 Å². The molecular formula is C21H35N3O. The zero-order valence-electron chi connectivity index (χ0n) is 16.2. The molecular weight excluding hydrogens is 310 g/mol. The molecule has 0 fully saturated rings. The van der Waals surface area contributed by atoms with Crippen LogP contribution in [0.2, 0.25) is 0 Å². The number of nitrogens with two attached hydrogens (primary N) is 1. The van der Waals surface area contributed by atoms with Crippen molar-refractivity contribution in [3.8, 4) is 0 Å². The summed E-state index contributed by atoms with van der Waals surface area (Å²) in [6.07, 6.45) is 10.8. The third-order valence-electron chi connectivity index (χ3n) is 5.22. The topological polar surface area (TPSA) is 67.2 Å². The van der Waals surface area contributed by atoms with Gasteiger partial charge in [0.1, 0.15) is 0 Å². The van der Waals surface area contributed by atoms with Gasteiger partial charge in [-0.05, 0) is 30.5 Å². The van der Waals surface area contributed by atoms with Crippen LogP contribution in [-0.2, 0) is 11.2 Å². The quantitative estimate of drug-likeness (QED) is 0.396. The molecule has 0 atom stereocenters. The van der Waals surface area contributed by atoms with Crippen molar-refractivity contribution in [3.63, 3.8) is 0 Å². The summed E-state index contributed by atoms with van der Waals surface area (Å²) in [7, 11) is 0. The Bertz CT molecular complexity index is 581. The van der Waals surface area contributed by atoms with Gasteiger partial charge in [-0.3, -0.25) is 4.79 Å². The number of nitrogen functional groups attached to an aromatic ring is 1. The zero-order chi connectivity index (χ0) is 18.3. The highest BCUT2D eigenvalue weighted by Crippen LogP contribution is 2.33. The fraction of sp³-hybridized carbons (Fsp3) is 0.667. The number of fused-ring (bicyclic) bond motifs is 1. The molecule has 0 radical (unpaired) electrons. The molecule has 4 nitrogen and oxygen atoms in total. The maximum atomic E-state index is 12.7. The molecule has 4 heteroatoms. The van der Waals surface area contributed by atoms with Crippen LogP contribution in [0.1, 0.15) is 77.7 Å². The highest BCUT2D eigenvalue weighted by atomic mass is 16.2. The second-order valence-electron chi connectivity index (χ2n) is 7.99. The van der Waals surface area contributed by atoms with Gasteiger partial charge in [0.15, 0.2) is 0 Å². The molecule has 1 aromatic rings. The van der Waals surface area contributed by atoms with E-state index in [0.29, 0.717) is 0 Å². The van der Waals surface area contributed by atoms with Gasteiger partial charge in [0.2, 0.25) is 5.91 Å². The summed E-state index contributed by atoms with van der Waals surface area (Å²) in [5.74, 6) is 0.0868. The van der Waals surface area contributed by atoms with Crippen LogP contribution >= 0.6 is 0 Å². The van der Waals surface area contributed by atoms with Gasteiger partial charge in [0, 0.05) is 17.6 Å². The zero-order valence-corrected chi connectivity index (χ0v) is 16.2. The largest absolute Gasteiger partial charge is 0.397 e. The summed E-state index contributed by atoms with van der Waals surface area (Å²) in [6.45, 7) is 7.24. The number of nitrogens with one attached hydrogen (secondary N) is 2. The Labute approximate surface area is 153 Å². The standard InChI is InChI=1S/C21H35N3O/c1-4-5-6-7-8-9-10-12-21(2,3)20(25)24-17-14-16-11-13-23-19(16)18(22)15-17/h14-15,23H,4-13,22H2,1-3H3,(H,24,25). The highest BCUT2D eigenvalue weighted by Gasteiger charge is 2.27. The van der Waals surface area contributed by atoms with Crippen molar-refractivity contribution < 1.29 is 4.79 Å². The predicted octanol–water partition coefficient (Wildman–Crippen LogP) is 5.34. The Balaban J connectivity index is 1.80. The molecule has 1 heterocycles. The van der Waals surface area contributed by atoms with E-state index in [1.807, 2.05) is 26.0 Å². The van der Waals surface area contributed by atoms with E-state index in [-0.39, 0.29) is 11.3 Å². The molecule has 140 valence electrons. The predicted molar refractivity (Wildman–Crippen MR) is 108 cm³/mol. The number of amides is 1. The minimum atomic E-state index is -0.352. The van der Waals surface area contributed by atoms with Crippen LogP contribution in [-0.4, -0.2) is 12.5 Å². The van der Waals surface area contributed by atoms with Crippen LogP contribution in [0.15, 0.2) is 12.1 Å². The third-order valence-corrected chi connectivity index (χ3v) is 5.22. The number of carbonyl (C=O) groups is 1. The molecule has 2 rings (SSSR count). The summed E-state index contributed by atoms with van der Waals surface area (Å²) in [4.78, 5) is 12.7. The van der Waals surface area contributed by atoms with E-state index < -0.39 is 0 Å². The van der Waals surface area contributed by atoms with Crippen LogP contribution < -0.4 is 16.4 Å². The van der Waals surface area contributed by atoms with Gasteiger partial charge in [-0.25, -0.2) is 0 Å². The second-order valence-corrected chi connectivity index (χ2v) is 7.99. The Morgan fingerprint density at radius 1 is 1.16 bits per heavy atom. The van der Waals surface area contributed by atoms with E-state index >= 15 is 0 Å². The lowest BCUT2D eigenvalue weighted by atomic mass is 9.85. The average molecular weight is 346 g/mol. The molecule has 0 bridgehead atoms. The first-order chi connectivity index (χ1) is 11.9. The van der Waals surface area contributed by atoms with Crippen molar-refractivity contribution in [3.05, 3.63) is 17.7 Å². The highest BCUT2D eigenvalue weighted by molar-refractivity contribution is 5.96. The minimum Gasteiger partial charge on any atom is -0.397 e. The normalized spacial score (nSPS) is 13.4. The molecule has 25 heavy (non-hydrogen) atoms. The van der Waals surface area contributed by atoms with E-state index in [1.165, 1.54) is 44.1 Å². The van der Waals surface area contributed by atoms with Gasteiger partial charge in [-0.15, -0.1) is 0 Å². The second kappa shape index (κ2) is 9.12. The molecule has 0 spiro atoms. The first-order valence-corrected chi connectivity index (χ1v) is 9.92. The molecule has 1 amide bonds. The Morgan fingerprint density at radius 3 is 2.56 bits per heavy atom. The maximum Gasteiger partial charge on any atom is 0.230 e. The van der Waals surface area contributed by atoms with Crippen LogP contribution in [0.4, 0.5) is 17.1 Å². The van der Waals surface area contributed by atoms with Crippen molar-refractivity contribution >= 4 is 23.0 Å².